The number of hydrogen-bond acceptors (Lipinski definition) is 4. The number of carbonyl (C=O) groups is 1. The van der Waals surface area contributed by atoms with E-state index in [1.807, 2.05) is 48.5 Å². The van der Waals surface area contributed by atoms with Gasteiger partial charge in [-0.3, -0.25) is 14.5 Å². The fourth-order valence-electron chi connectivity index (χ4n) is 4.61. The number of nitrogens with one attached hydrogen (secondary N) is 1. The van der Waals surface area contributed by atoms with Crippen LogP contribution in [0.25, 0.3) is 16.5 Å². The molecule has 1 atom stereocenters. The van der Waals surface area contributed by atoms with Gasteiger partial charge in [0.2, 0.25) is 0 Å². The van der Waals surface area contributed by atoms with Gasteiger partial charge in [-0.25, -0.2) is 0 Å². The zero-order valence-electron chi connectivity index (χ0n) is 18.7. The lowest BCUT2D eigenvalue weighted by Crippen LogP contribution is -2.38. The number of fused-ring (bicyclic) bond motifs is 1. The predicted octanol–water partition coefficient (Wildman–Crippen LogP) is 4.61. The van der Waals surface area contributed by atoms with Gasteiger partial charge in [-0.15, -0.1) is 0 Å². The Morgan fingerprint density at radius 3 is 2.29 bits per heavy atom. The molecule has 172 valence electrons. The average Bonchev–Trinajstić information content (AvgIpc) is 3.41. The van der Waals surface area contributed by atoms with Crippen LogP contribution in [-0.2, 0) is 0 Å². The lowest BCUT2D eigenvalue weighted by Gasteiger charge is -2.29. The Bertz CT molecular complexity index is 1380. The Morgan fingerprint density at radius 1 is 0.912 bits per heavy atom. The summed E-state index contributed by atoms with van der Waals surface area (Å²) in [6, 6.07) is 24.0. The smallest absolute Gasteiger partial charge is 0.279 e. The van der Waals surface area contributed by atoms with Crippen LogP contribution in [0.2, 0.25) is 5.02 Å². The third-order valence-electron chi connectivity index (χ3n) is 6.32. The number of halogens is 1. The number of amides is 1. The number of hydrogen-bond donors (Lipinski definition) is 1. The van der Waals surface area contributed by atoms with E-state index in [1.54, 1.807) is 30.3 Å². The van der Waals surface area contributed by atoms with E-state index in [0.717, 1.165) is 31.5 Å². The fourth-order valence-corrected chi connectivity index (χ4v) is 4.87. The molecule has 1 aliphatic rings. The highest BCUT2D eigenvalue weighted by molar-refractivity contribution is 6.31. The normalized spacial score (nSPS) is 14.9. The van der Waals surface area contributed by atoms with Gasteiger partial charge in [0.1, 0.15) is 0 Å². The molecular formula is C27H25ClN4O2. The van der Waals surface area contributed by atoms with Crippen LogP contribution in [0.3, 0.4) is 0 Å². The average molecular weight is 473 g/mol. The third-order valence-corrected chi connectivity index (χ3v) is 6.67. The molecule has 0 radical (unpaired) electrons. The molecule has 0 spiro atoms. The lowest BCUT2D eigenvalue weighted by molar-refractivity contribution is 0.0933. The molecule has 1 fully saturated rings. The molecule has 1 aromatic heterocycles. The topological polar surface area (TPSA) is 67.2 Å². The molecule has 0 aliphatic carbocycles. The van der Waals surface area contributed by atoms with Crippen molar-refractivity contribution < 1.29 is 4.79 Å². The second-order valence-electron chi connectivity index (χ2n) is 8.44. The number of benzene rings is 3. The van der Waals surface area contributed by atoms with Crippen LogP contribution in [0, 0.1) is 0 Å². The summed E-state index contributed by atoms with van der Waals surface area (Å²) >= 11 is 6.52. The molecule has 5 rings (SSSR count). The van der Waals surface area contributed by atoms with Crippen molar-refractivity contribution in [2.45, 2.75) is 18.9 Å². The SMILES string of the molecule is O=C(NCC(c1ccccc1Cl)N1CCCC1)c1nn(-c2ccccc2)c(=O)c2ccccc12. The summed E-state index contributed by atoms with van der Waals surface area (Å²) in [4.78, 5) is 28.9. The maximum atomic E-state index is 13.4. The van der Waals surface area contributed by atoms with E-state index in [-0.39, 0.29) is 23.2 Å². The third kappa shape index (κ3) is 4.34. The van der Waals surface area contributed by atoms with Gasteiger partial charge >= 0.3 is 0 Å². The molecule has 1 saturated heterocycles. The van der Waals surface area contributed by atoms with Gasteiger partial charge in [-0.1, -0.05) is 66.2 Å². The first-order valence-corrected chi connectivity index (χ1v) is 11.9. The molecule has 2 heterocycles. The van der Waals surface area contributed by atoms with Crippen LogP contribution in [0.15, 0.2) is 83.7 Å². The molecule has 0 bridgehead atoms. The van der Waals surface area contributed by atoms with Crippen LogP contribution >= 0.6 is 11.6 Å². The number of likely N-dealkylation sites (tertiary alicyclic amines) is 1. The van der Waals surface area contributed by atoms with Gasteiger partial charge in [-0.2, -0.15) is 9.78 Å². The van der Waals surface area contributed by atoms with Crippen molar-refractivity contribution in [1.29, 1.82) is 0 Å². The van der Waals surface area contributed by atoms with Crippen molar-refractivity contribution in [3.63, 3.8) is 0 Å². The summed E-state index contributed by atoms with van der Waals surface area (Å²) in [6.07, 6.45) is 2.26. The second-order valence-corrected chi connectivity index (χ2v) is 8.84. The van der Waals surface area contributed by atoms with E-state index < -0.39 is 0 Å². The minimum absolute atomic E-state index is 0.0357. The molecule has 1 unspecified atom stereocenters. The monoisotopic (exact) mass is 472 g/mol. The van der Waals surface area contributed by atoms with E-state index in [0.29, 0.717) is 28.0 Å². The number of carbonyl (C=O) groups excluding carboxylic acids is 1. The maximum Gasteiger partial charge on any atom is 0.279 e. The van der Waals surface area contributed by atoms with E-state index >= 15 is 0 Å². The first kappa shape index (κ1) is 22.3. The van der Waals surface area contributed by atoms with Gasteiger partial charge in [0.05, 0.1) is 17.1 Å². The predicted molar refractivity (Wildman–Crippen MR) is 135 cm³/mol. The van der Waals surface area contributed by atoms with Crippen molar-refractivity contribution in [3.05, 3.63) is 105 Å². The van der Waals surface area contributed by atoms with Gasteiger partial charge < -0.3 is 5.32 Å². The van der Waals surface area contributed by atoms with Crippen LogP contribution in [0.5, 0.6) is 0 Å². The molecule has 0 saturated carbocycles. The summed E-state index contributed by atoms with van der Waals surface area (Å²) in [5.74, 6) is -0.322. The second kappa shape index (κ2) is 9.79. The summed E-state index contributed by atoms with van der Waals surface area (Å²) < 4.78 is 1.29. The summed E-state index contributed by atoms with van der Waals surface area (Å²) in [5.41, 5.74) is 1.57. The van der Waals surface area contributed by atoms with E-state index in [9.17, 15) is 9.59 Å². The molecule has 7 heteroatoms. The highest BCUT2D eigenvalue weighted by Gasteiger charge is 2.26. The van der Waals surface area contributed by atoms with Crippen LogP contribution in [0.1, 0.15) is 34.9 Å². The zero-order valence-corrected chi connectivity index (χ0v) is 19.4. The van der Waals surface area contributed by atoms with Crippen molar-refractivity contribution >= 4 is 28.3 Å². The van der Waals surface area contributed by atoms with Crippen LogP contribution < -0.4 is 10.9 Å². The van der Waals surface area contributed by atoms with Gasteiger partial charge in [0.15, 0.2) is 5.69 Å². The molecule has 1 aliphatic heterocycles. The molecule has 6 nitrogen and oxygen atoms in total. The van der Waals surface area contributed by atoms with Crippen molar-refractivity contribution in [3.8, 4) is 5.69 Å². The highest BCUT2D eigenvalue weighted by atomic mass is 35.5. The molecule has 3 aromatic carbocycles. The summed E-state index contributed by atoms with van der Waals surface area (Å²) in [6.45, 7) is 2.32. The molecule has 34 heavy (non-hydrogen) atoms. The first-order valence-electron chi connectivity index (χ1n) is 11.5. The Hall–Kier alpha value is -3.48. The standard InChI is InChI=1S/C27H25ClN4O2/c28-23-15-7-6-14-22(23)24(31-16-8-9-17-31)18-29-26(33)25-20-12-4-5-13-21(20)27(34)32(30-25)19-10-2-1-3-11-19/h1-7,10-15,24H,8-9,16-18H2,(H,29,33). The van der Waals surface area contributed by atoms with Gasteiger partial charge in [0.25, 0.3) is 11.5 Å². The molecule has 1 N–H and O–H groups in total. The van der Waals surface area contributed by atoms with Gasteiger partial charge in [-0.05, 0) is 55.8 Å². The summed E-state index contributed by atoms with van der Waals surface area (Å²) in [5, 5.41) is 9.24. The quantitative estimate of drug-likeness (QED) is 0.445. The van der Waals surface area contributed by atoms with Crippen molar-refractivity contribution in [2.75, 3.05) is 19.6 Å². The minimum Gasteiger partial charge on any atom is -0.349 e. The van der Waals surface area contributed by atoms with E-state index in [1.165, 1.54) is 4.68 Å². The van der Waals surface area contributed by atoms with Crippen molar-refractivity contribution in [1.82, 2.24) is 20.0 Å². The number of rotatable bonds is 6. The molecule has 1 amide bonds. The van der Waals surface area contributed by atoms with Crippen LogP contribution in [-0.4, -0.2) is 40.2 Å². The zero-order chi connectivity index (χ0) is 23.5. The lowest BCUT2D eigenvalue weighted by atomic mass is 10.0. The first-order chi connectivity index (χ1) is 16.6. The van der Waals surface area contributed by atoms with Gasteiger partial charge in [0, 0.05) is 17.0 Å². The molecule has 4 aromatic rings. The Morgan fingerprint density at radius 2 is 1.56 bits per heavy atom. The number of aromatic nitrogens is 2. The number of para-hydroxylation sites is 1. The van der Waals surface area contributed by atoms with Crippen molar-refractivity contribution in [2.24, 2.45) is 0 Å². The largest absolute Gasteiger partial charge is 0.349 e. The minimum atomic E-state index is -0.322. The Kier molecular flexibility index (Phi) is 6.43. The van der Waals surface area contributed by atoms with E-state index in [2.05, 4.69) is 15.3 Å². The highest BCUT2D eigenvalue weighted by Crippen LogP contribution is 2.30. The van der Waals surface area contributed by atoms with E-state index in [4.69, 9.17) is 11.6 Å². The fraction of sp³-hybridized carbons (Fsp3) is 0.222. The number of nitrogens with zero attached hydrogens (tertiary/aromatic N) is 3. The molecular weight excluding hydrogens is 448 g/mol. The Labute approximate surface area is 202 Å². The maximum absolute atomic E-state index is 13.4. The Balaban J connectivity index is 1.50. The van der Waals surface area contributed by atoms with Crippen LogP contribution in [0.4, 0.5) is 0 Å². The summed E-state index contributed by atoms with van der Waals surface area (Å²) in [7, 11) is 0.